The van der Waals surface area contributed by atoms with Gasteiger partial charge in [-0.3, -0.25) is 4.98 Å². The van der Waals surface area contributed by atoms with E-state index in [-0.39, 0.29) is 25.6 Å². The van der Waals surface area contributed by atoms with Crippen LogP contribution in [0.3, 0.4) is 0 Å². The number of para-hydroxylation sites is 2. The molecule has 47 heavy (non-hydrogen) atoms. The third kappa shape index (κ3) is 7.18. The van der Waals surface area contributed by atoms with Gasteiger partial charge in [-0.1, -0.05) is 68.2 Å². The van der Waals surface area contributed by atoms with E-state index in [0.717, 1.165) is 56.5 Å². The molecule has 0 bridgehead atoms. The molecule has 7 rings (SSSR count). The smallest absolute Gasteiger partial charge is 0.216 e. The summed E-state index contributed by atoms with van der Waals surface area (Å²) in [6.45, 7) is 18.3. The molecule has 0 spiro atoms. The van der Waals surface area contributed by atoms with Gasteiger partial charge in [-0.05, 0) is 68.3 Å². The molecular formula is C40H42IrN4OSi-2. The average Bonchev–Trinajstić information content (AvgIpc) is 3.60. The van der Waals surface area contributed by atoms with Crippen molar-refractivity contribution < 1.29 is 24.5 Å². The van der Waals surface area contributed by atoms with Crippen LogP contribution in [0.15, 0.2) is 95.7 Å². The zero-order valence-corrected chi connectivity index (χ0v) is 31.9. The zero-order chi connectivity index (χ0) is 32.6. The molecule has 243 valence electrons. The molecule has 0 amide bonds. The summed E-state index contributed by atoms with van der Waals surface area (Å²) < 4.78 is 8.36. The number of fused-ring (bicyclic) bond motifs is 4. The molecule has 4 aromatic heterocycles. The average molecular weight is 815 g/mol. The van der Waals surface area contributed by atoms with Crippen LogP contribution in [0.5, 0.6) is 0 Å². The molecule has 7 aromatic rings. The maximum absolute atomic E-state index is 6.11. The summed E-state index contributed by atoms with van der Waals surface area (Å²) >= 11 is 0. The van der Waals surface area contributed by atoms with E-state index in [0.29, 0.717) is 11.6 Å². The molecular weight excluding hydrogens is 773 g/mol. The minimum atomic E-state index is -1.34. The van der Waals surface area contributed by atoms with Crippen LogP contribution in [0, 0.1) is 18.1 Å². The predicted molar refractivity (Wildman–Crippen MR) is 194 cm³/mol. The van der Waals surface area contributed by atoms with E-state index < -0.39 is 8.07 Å². The van der Waals surface area contributed by atoms with Crippen molar-refractivity contribution in [3.05, 3.63) is 109 Å². The quantitative estimate of drug-likeness (QED) is 0.128. The third-order valence-corrected chi connectivity index (χ3v) is 10.1. The largest absolute Gasteiger partial charge is 0.486 e. The van der Waals surface area contributed by atoms with E-state index >= 15 is 0 Å². The van der Waals surface area contributed by atoms with Gasteiger partial charge < -0.3 is 14.0 Å². The van der Waals surface area contributed by atoms with Gasteiger partial charge in [0.15, 0.2) is 0 Å². The molecule has 4 heterocycles. The number of nitrogens with zero attached hydrogens (tertiary/aromatic N) is 4. The molecule has 0 saturated heterocycles. The first-order chi connectivity index (χ1) is 21.9. The standard InChI is InChI=1S/C22H18N3O.C18H24NSi.Ir/c1-22(2,3)25-18-12-5-4-11-17(18)24-20(25)16-9-6-8-14-15-10-7-13-23-21(15)26-19(14)16;1-14(2)11-16-12-17(15-9-7-6-8-10-15)19-13-18(16)20(3,4)5;/h4-8,10-13H,1-3H3;6-9,12-14H,11H2,1-5H3;/q2*-1;. The Balaban J connectivity index is 0.000000188. The minimum Gasteiger partial charge on any atom is -0.486 e. The maximum Gasteiger partial charge on any atom is 0.216 e. The summed E-state index contributed by atoms with van der Waals surface area (Å²) in [5, 5.41) is 3.54. The Bertz CT molecular complexity index is 2140. The van der Waals surface area contributed by atoms with Gasteiger partial charge in [-0.15, -0.1) is 54.1 Å². The zero-order valence-electron chi connectivity index (χ0n) is 28.5. The number of benzene rings is 3. The number of imidazole rings is 1. The number of pyridine rings is 2. The summed E-state index contributed by atoms with van der Waals surface area (Å²) in [5.74, 6) is 1.53. The summed E-state index contributed by atoms with van der Waals surface area (Å²) in [6, 6.07) is 33.1. The van der Waals surface area contributed by atoms with Crippen molar-refractivity contribution in [1.82, 2.24) is 19.5 Å². The van der Waals surface area contributed by atoms with Gasteiger partial charge >= 0.3 is 0 Å². The van der Waals surface area contributed by atoms with Crippen LogP contribution >= 0.6 is 0 Å². The van der Waals surface area contributed by atoms with Crippen molar-refractivity contribution in [3.63, 3.8) is 0 Å². The van der Waals surface area contributed by atoms with E-state index in [2.05, 4.69) is 105 Å². The molecule has 7 heteroatoms. The van der Waals surface area contributed by atoms with Gasteiger partial charge in [0.1, 0.15) is 0 Å². The fourth-order valence-electron chi connectivity index (χ4n) is 6.10. The van der Waals surface area contributed by atoms with Gasteiger partial charge in [0.05, 0.1) is 30.5 Å². The topological polar surface area (TPSA) is 56.7 Å². The Hall–Kier alpha value is -3.90. The SMILES string of the molecule is CC(C)(C)n1c(-c2[c-]ccc3c2oc2ncccc23)nc2ccccc21.CC(C)Cc1cc(-c2[c-]cccc2)ncc1[Si](C)(C)C.[Ir]. The molecule has 0 N–H and O–H groups in total. The molecule has 0 aliphatic heterocycles. The molecule has 0 saturated carbocycles. The molecule has 5 nitrogen and oxygen atoms in total. The monoisotopic (exact) mass is 815 g/mol. The number of rotatable bonds is 5. The van der Waals surface area contributed by atoms with Gasteiger partial charge in [-0.2, -0.15) is 0 Å². The Morgan fingerprint density at radius 1 is 0.872 bits per heavy atom. The van der Waals surface area contributed by atoms with Crippen molar-refractivity contribution in [3.8, 4) is 22.6 Å². The van der Waals surface area contributed by atoms with E-state index in [1.807, 2.05) is 60.7 Å². The first-order valence-electron chi connectivity index (χ1n) is 16.0. The minimum absolute atomic E-state index is 0. The van der Waals surface area contributed by atoms with Gasteiger partial charge in [0, 0.05) is 43.4 Å². The predicted octanol–water partition coefficient (Wildman–Crippen LogP) is 9.84. The number of furan rings is 1. The second-order valence-electron chi connectivity index (χ2n) is 14.3. The third-order valence-electron chi connectivity index (χ3n) is 8.08. The summed E-state index contributed by atoms with van der Waals surface area (Å²) in [7, 11) is -1.34. The van der Waals surface area contributed by atoms with E-state index in [9.17, 15) is 0 Å². The van der Waals surface area contributed by atoms with Crippen LogP contribution in [0.2, 0.25) is 19.6 Å². The molecule has 0 aliphatic rings. The molecule has 0 aliphatic carbocycles. The first-order valence-corrected chi connectivity index (χ1v) is 19.5. The van der Waals surface area contributed by atoms with Gasteiger partial charge in [-0.25, -0.2) is 4.98 Å². The molecule has 0 atom stereocenters. The normalized spacial score (nSPS) is 11.9. The van der Waals surface area contributed by atoms with Crippen LogP contribution in [-0.4, -0.2) is 27.6 Å². The van der Waals surface area contributed by atoms with E-state index in [1.165, 1.54) is 10.8 Å². The maximum atomic E-state index is 6.11. The van der Waals surface area contributed by atoms with Crippen LogP contribution < -0.4 is 5.19 Å². The molecule has 0 unspecified atom stereocenters. The van der Waals surface area contributed by atoms with Gasteiger partial charge in [0.2, 0.25) is 5.71 Å². The van der Waals surface area contributed by atoms with Crippen molar-refractivity contribution in [1.29, 1.82) is 0 Å². The van der Waals surface area contributed by atoms with Crippen LogP contribution in [0.1, 0.15) is 40.2 Å². The fraction of sp³-hybridized carbons (Fsp3) is 0.275. The Kier molecular flexibility index (Phi) is 10.0. The Morgan fingerprint density at radius 2 is 1.64 bits per heavy atom. The number of aromatic nitrogens is 4. The summed E-state index contributed by atoms with van der Waals surface area (Å²) in [5.41, 5.74) is 7.83. The van der Waals surface area contributed by atoms with Gasteiger partial charge in [0.25, 0.3) is 0 Å². The van der Waals surface area contributed by atoms with Crippen LogP contribution in [-0.2, 0) is 32.1 Å². The summed E-state index contributed by atoms with van der Waals surface area (Å²) in [4.78, 5) is 14.0. The van der Waals surface area contributed by atoms with Crippen molar-refractivity contribution in [2.45, 2.75) is 66.2 Å². The van der Waals surface area contributed by atoms with Crippen LogP contribution in [0.25, 0.3) is 55.7 Å². The molecule has 1 radical (unpaired) electrons. The number of hydrogen-bond donors (Lipinski definition) is 0. The van der Waals surface area contributed by atoms with Crippen molar-refractivity contribution >= 4 is 46.4 Å². The van der Waals surface area contributed by atoms with E-state index in [4.69, 9.17) is 9.40 Å². The van der Waals surface area contributed by atoms with Crippen molar-refractivity contribution in [2.75, 3.05) is 0 Å². The second-order valence-corrected chi connectivity index (χ2v) is 19.4. The van der Waals surface area contributed by atoms with E-state index in [1.54, 1.807) is 6.20 Å². The first kappa shape index (κ1) is 34.4. The van der Waals surface area contributed by atoms with Crippen LogP contribution in [0.4, 0.5) is 0 Å². The van der Waals surface area contributed by atoms with Crippen molar-refractivity contribution in [2.24, 2.45) is 5.92 Å². The fourth-order valence-corrected chi connectivity index (χ4v) is 7.69. The summed E-state index contributed by atoms with van der Waals surface area (Å²) in [6.07, 6.45) is 4.99. The number of hydrogen-bond acceptors (Lipinski definition) is 4. The molecule has 3 aromatic carbocycles. The Labute approximate surface area is 292 Å². The molecule has 0 fully saturated rings. The Morgan fingerprint density at radius 3 is 2.34 bits per heavy atom. The second kappa shape index (κ2) is 13.7.